The molecule has 4 rings (SSSR count). The van der Waals surface area contributed by atoms with Crippen LogP contribution < -0.4 is 5.32 Å². The van der Waals surface area contributed by atoms with Crippen LogP contribution in [0.25, 0.3) is 0 Å². The van der Waals surface area contributed by atoms with Gasteiger partial charge in [0.25, 0.3) is 11.8 Å². The highest BCUT2D eigenvalue weighted by atomic mass is 32.1. The lowest BCUT2D eigenvalue weighted by Gasteiger charge is -2.41. The molecular weight excluding hydrogens is 440 g/mol. The Hall–Kier alpha value is -3.07. The number of likely N-dealkylation sites (tertiary alicyclic amines) is 1. The molecule has 0 aliphatic carbocycles. The topological polar surface area (TPSA) is 99.7 Å². The predicted octanol–water partition coefficient (Wildman–Crippen LogP) is 2.94. The first-order valence-corrected chi connectivity index (χ1v) is 12.2. The second-order valence-corrected chi connectivity index (χ2v) is 9.52. The molecule has 0 bridgehead atoms. The summed E-state index contributed by atoms with van der Waals surface area (Å²) in [6.07, 6.45) is 4.85. The van der Waals surface area contributed by atoms with Crippen LogP contribution in [0.2, 0.25) is 0 Å². The average molecular weight is 469 g/mol. The second-order valence-electron chi connectivity index (χ2n) is 8.74. The van der Waals surface area contributed by atoms with Crippen molar-refractivity contribution in [3.63, 3.8) is 0 Å². The first-order chi connectivity index (χ1) is 15.9. The number of nitrogens with one attached hydrogen (secondary N) is 1. The van der Waals surface area contributed by atoms with Gasteiger partial charge >= 0.3 is 6.03 Å². The smallest absolute Gasteiger partial charge is 0.325 e. The van der Waals surface area contributed by atoms with E-state index < -0.39 is 17.5 Å². The van der Waals surface area contributed by atoms with Crippen molar-refractivity contribution < 1.29 is 19.2 Å². The molecule has 0 saturated carbocycles. The average Bonchev–Trinajstić information content (AvgIpc) is 3.46. The van der Waals surface area contributed by atoms with Crippen molar-refractivity contribution in [1.29, 1.82) is 0 Å². The molecule has 4 heterocycles. The number of aromatic nitrogens is 1. The number of urea groups is 1. The third-order valence-electron chi connectivity index (χ3n) is 6.83. The summed E-state index contributed by atoms with van der Waals surface area (Å²) in [5, 5.41) is 6.82. The molecule has 8 nitrogen and oxygen atoms in total. The number of carbonyl (C=O) groups is 4. The molecule has 0 aromatic carbocycles. The molecule has 0 unspecified atom stereocenters. The van der Waals surface area contributed by atoms with Gasteiger partial charge in [0.05, 0.1) is 6.54 Å². The fraction of sp³-hybridized carbons (Fsp3) is 0.458. The zero-order valence-corrected chi connectivity index (χ0v) is 19.6. The van der Waals surface area contributed by atoms with Crippen molar-refractivity contribution >= 4 is 35.0 Å². The minimum Gasteiger partial charge on any atom is -0.336 e. The van der Waals surface area contributed by atoms with Gasteiger partial charge in [0.1, 0.15) is 0 Å². The first kappa shape index (κ1) is 23.1. The highest BCUT2D eigenvalue weighted by molar-refractivity contribution is 7.07. The molecule has 2 fully saturated rings. The van der Waals surface area contributed by atoms with Gasteiger partial charge in [-0.15, -0.1) is 0 Å². The number of rotatable bonds is 7. The molecule has 0 spiro atoms. The summed E-state index contributed by atoms with van der Waals surface area (Å²) in [6, 6.07) is 5.03. The van der Waals surface area contributed by atoms with E-state index in [2.05, 4.69) is 10.3 Å². The van der Waals surface area contributed by atoms with E-state index in [1.807, 2.05) is 29.8 Å². The van der Waals surface area contributed by atoms with Crippen LogP contribution in [-0.2, 0) is 26.5 Å². The largest absolute Gasteiger partial charge is 0.336 e. The Morgan fingerprint density at radius 1 is 1.27 bits per heavy atom. The maximum Gasteiger partial charge on any atom is 0.325 e. The van der Waals surface area contributed by atoms with Crippen molar-refractivity contribution in [2.24, 2.45) is 11.8 Å². The molecule has 2 atom stereocenters. The van der Waals surface area contributed by atoms with Gasteiger partial charge in [0, 0.05) is 37.0 Å². The van der Waals surface area contributed by atoms with Gasteiger partial charge in [0.2, 0.25) is 5.78 Å². The third-order valence-corrected chi connectivity index (χ3v) is 7.57. The Labute approximate surface area is 197 Å². The van der Waals surface area contributed by atoms with Crippen LogP contribution in [0.5, 0.6) is 0 Å². The van der Waals surface area contributed by atoms with Gasteiger partial charge in [-0.2, -0.15) is 11.3 Å². The van der Waals surface area contributed by atoms with Crippen LogP contribution in [0.1, 0.15) is 44.2 Å². The number of hydrogen-bond donors (Lipinski definition) is 1. The molecular formula is C24H28N4O4S. The number of pyridine rings is 1. The van der Waals surface area contributed by atoms with E-state index >= 15 is 0 Å². The molecule has 33 heavy (non-hydrogen) atoms. The van der Waals surface area contributed by atoms with Gasteiger partial charge in [0.15, 0.2) is 5.54 Å². The van der Waals surface area contributed by atoms with Gasteiger partial charge in [-0.25, -0.2) is 4.79 Å². The molecule has 2 aliphatic heterocycles. The molecule has 2 aromatic heterocycles. The van der Waals surface area contributed by atoms with Gasteiger partial charge < -0.3 is 10.2 Å². The number of nitrogens with zero attached hydrogens (tertiary/aromatic N) is 3. The minimum absolute atomic E-state index is 0.205. The second kappa shape index (κ2) is 9.43. The van der Waals surface area contributed by atoms with Crippen molar-refractivity contribution in [3.05, 3.63) is 52.5 Å². The first-order valence-electron chi connectivity index (χ1n) is 11.3. The minimum atomic E-state index is -1.24. The lowest BCUT2D eigenvalue weighted by molar-refractivity contribution is -0.148. The summed E-state index contributed by atoms with van der Waals surface area (Å²) >= 11 is 1.51. The third kappa shape index (κ3) is 4.17. The Morgan fingerprint density at radius 3 is 2.64 bits per heavy atom. The number of imide groups is 1. The normalized spacial score (nSPS) is 22.4. The van der Waals surface area contributed by atoms with Gasteiger partial charge in [-0.05, 0) is 53.6 Å². The zero-order chi connectivity index (χ0) is 23.6. The van der Waals surface area contributed by atoms with Crippen LogP contribution in [0.3, 0.4) is 0 Å². The summed E-state index contributed by atoms with van der Waals surface area (Å²) in [4.78, 5) is 58.8. The van der Waals surface area contributed by atoms with E-state index in [-0.39, 0.29) is 30.1 Å². The van der Waals surface area contributed by atoms with E-state index in [1.165, 1.54) is 16.2 Å². The summed E-state index contributed by atoms with van der Waals surface area (Å²) < 4.78 is 0. The van der Waals surface area contributed by atoms with Gasteiger partial charge in [-0.1, -0.05) is 19.9 Å². The molecule has 0 radical (unpaired) electrons. The lowest BCUT2D eigenvalue weighted by Crippen LogP contribution is -2.55. The van der Waals surface area contributed by atoms with Crippen molar-refractivity contribution in [2.75, 3.05) is 13.1 Å². The summed E-state index contributed by atoms with van der Waals surface area (Å²) in [5.74, 6) is -1.66. The highest BCUT2D eigenvalue weighted by Crippen LogP contribution is 2.41. The Bertz CT molecular complexity index is 1030. The Morgan fingerprint density at radius 2 is 2.03 bits per heavy atom. The SMILES string of the molecule is CC[C@@H](C)C(=O)C(=O)N1CCC([C@@]2(c3cccnc3)NC(=O)N(Cc3ccsc3)C2=O)CC1. The molecule has 2 aliphatic rings. The number of piperidine rings is 1. The predicted molar refractivity (Wildman–Crippen MR) is 123 cm³/mol. The van der Waals surface area contributed by atoms with Gasteiger partial charge in [-0.3, -0.25) is 24.3 Å². The molecule has 174 valence electrons. The summed E-state index contributed by atoms with van der Waals surface area (Å²) in [6.45, 7) is 4.58. The fourth-order valence-electron chi connectivity index (χ4n) is 4.68. The number of Topliss-reactive ketones (excluding diaryl/α,β-unsaturated/α-hetero) is 1. The van der Waals surface area contributed by atoms with Crippen molar-refractivity contribution in [2.45, 2.75) is 45.2 Å². The number of amides is 4. The quantitative estimate of drug-likeness (QED) is 0.498. The number of ketones is 1. The molecule has 2 saturated heterocycles. The Balaban J connectivity index is 1.58. The van der Waals surface area contributed by atoms with Crippen LogP contribution in [0.4, 0.5) is 4.79 Å². The standard InChI is InChI=1S/C24H28N4O4S/c1-3-16(2)20(29)21(30)27-10-6-18(7-11-27)24(19-5-4-9-25-13-19)22(31)28(23(32)26-24)14-17-8-12-33-15-17/h4-5,8-9,12-13,15-16,18H,3,6-7,10-11,14H2,1-2H3,(H,26,32)/t16-,24+/m1/s1. The van der Waals surface area contributed by atoms with E-state index in [9.17, 15) is 19.2 Å². The number of hydrogen-bond acceptors (Lipinski definition) is 6. The molecule has 4 amide bonds. The summed E-state index contributed by atoms with van der Waals surface area (Å²) in [7, 11) is 0. The lowest BCUT2D eigenvalue weighted by atomic mass is 9.73. The molecule has 1 N–H and O–H groups in total. The fourth-order valence-corrected chi connectivity index (χ4v) is 5.34. The molecule has 2 aromatic rings. The van der Waals surface area contributed by atoms with E-state index in [0.29, 0.717) is 37.9 Å². The summed E-state index contributed by atoms with van der Waals surface area (Å²) in [5.41, 5.74) is 0.295. The van der Waals surface area contributed by atoms with Crippen LogP contribution in [0.15, 0.2) is 41.4 Å². The zero-order valence-electron chi connectivity index (χ0n) is 18.8. The van der Waals surface area contributed by atoms with E-state index in [1.54, 1.807) is 30.3 Å². The van der Waals surface area contributed by atoms with E-state index in [0.717, 1.165) is 5.56 Å². The maximum atomic E-state index is 13.8. The van der Waals surface area contributed by atoms with Crippen molar-refractivity contribution in [1.82, 2.24) is 20.1 Å². The highest BCUT2D eigenvalue weighted by Gasteiger charge is 2.57. The van der Waals surface area contributed by atoms with Crippen LogP contribution in [-0.4, -0.2) is 51.5 Å². The number of thiophene rings is 1. The Kier molecular flexibility index (Phi) is 6.60. The monoisotopic (exact) mass is 468 g/mol. The van der Waals surface area contributed by atoms with Crippen LogP contribution >= 0.6 is 11.3 Å². The van der Waals surface area contributed by atoms with E-state index in [4.69, 9.17) is 0 Å². The number of carbonyl (C=O) groups excluding carboxylic acids is 4. The molecule has 9 heteroatoms. The van der Waals surface area contributed by atoms with Crippen molar-refractivity contribution in [3.8, 4) is 0 Å². The van der Waals surface area contributed by atoms with Crippen LogP contribution in [0, 0.1) is 11.8 Å². The maximum absolute atomic E-state index is 13.8.